The second kappa shape index (κ2) is 35.3. The number of nitrogens with zero attached hydrogens (tertiary/aromatic N) is 10. The second-order valence-corrected chi connectivity index (χ2v) is 37.4. The van der Waals surface area contributed by atoms with Crippen LogP contribution in [-0.2, 0) is 31.5 Å². The van der Waals surface area contributed by atoms with Gasteiger partial charge in [0.25, 0.3) is 0 Å². The van der Waals surface area contributed by atoms with Crippen LogP contribution in [0.4, 0.5) is 42.9 Å². The van der Waals surface area contributed by atoms with Gasteiger partial charge in [0.1, 0.15) is 11.6 Å². The molecule has 14 nitrogen and oxygen atoms in total. The van der Waals surface area contributed by atoms with Crippen LogP contribution in [0, 0.1) is 122 Å². The molecule has 126 heavy (non-hydrogen) atoms. The van der Waals surface area contributed by atoms with Crippen LogP contribution in [0.1, 0.15) is 167 Å². The quantitative estimate of drug-likeness (QED) is 0.120. The minimum absolute atomic E-state index is 0.356. The molecule has 0 bridgehead atoms. The van der Waals surface area contributed by atoms with E-state index >= 15 is 4.39 Å². The fourth-order valence-corrected chi connectivity index (χ4v) is 18.0. The Labute approximate surface area is 759 Å². The molecule has 2 saturated heterocycles. The summed E-state index contributed by atoms with van der Waals surface area (Å²) in [5.41, 5.74) is 38.5. The lowest BCUT2D eigenvalue weighted by atomic mass is 9.49. The van der Waals surface area contributed by atoms with Gasteiger partial charge in [-0.25, -0.2) is 38.7 Å². The zero-order valence-corrected chi connectivity index (χ0v) is 79.8. The van der Waals surface area contributed by atoms with Gasteiger partial charge in [0, 0.05) is 82.1 Å². The molecule has 0 spiro atoms. The Hall–Kier alpha value is -11.1. The third-order valence-electron chi connectivity index (χ3n) is 27.6. The molecule has 0 radical (unpaired) electrons. The molecule has 0 atom stereocenters. The Morgan fingerprint density at radius 3 is 0.857 bits per heavy atom. The lowest BCUT2D eigenvalue weighted by molar-refractivity contribution is 0.00578. The molecule has 0 saturated carbocycles. The van der Waals surface area contributed by atoms with Crippen LogP contribution < -0.4 is 9.80 Å². The Morgan fingerprint density at radius 1 is 0.286 bits per heavy atom. The smallest absolute Gasteiger partial charge is 0.405 e. The molecule has 0 aliphatic carbocycles. The predicted octanol–water partition coefficient (Wildman–Crippen LogP) is 27.6. The van der Waals surface area contributed by atoms with E-state index in [-0.39, 0.29) is 34.0 Å². The normalized spacial score (nSPS) is 14.8. The number of anilines is 6. The Kier molecular flexibility index (Phi) is 25.1. The van der Waals surface area contributed by atoms with Crippen molar-refractivity contribution < 1.29 is 27.4 Å². The SMILES string of the molecule is CC1(C)OB(B2OC(C)(C)C(C)(C)O2)OC1(C)C.Cc1c(C)c(C)c2c(c1C)Cc1c(C)c(C)c(C)c(C)c1N2c1ccncc1-c1ccc(-c2nc(-c3ccccc3)nc(-c3ccccc3)n2)cc1F.Cc1c(C)c(C)c2c(c1C)Cc1c(C)c(C)c(C)c(C)c1N2c1ccncc1Br.Fc1cc(-c2nc(-c3ccccc3)nc(-c3ccccc3)n2)ccc1Br. The summed E-state index contributed by atoms with van der Waals surface area (Å²) in [5.74, 6) is 2.28. The van der Waals surface area contributed by atoms with Gasteiger partial charge in [-0.3, -0.25) is 9.97 Å². The molecule has 0 N–H and O–H groups in total. The van der Waals surface area contributed by atoms with Gasteiger partial charge in [0.2, 0.25) is 0 Å². The van der Waals surface area contributed by atoms with Crippen molar-refractivity contribution in [1.82, 2.24) is 39.9 Å². The van der Waals surface area contributed by atoms with Crippen molar-refractivity contribution in [3.05, 3.63) is 326 Å². The average molecular weight is 1810 g/mol. The summed E-state index contributed by atoms with van der Waals surface area (Å²) < 4.78 is 56.1. The fraction of sp³-hybridized carbons (Fsp3) is 0.283. The fourth-order valence-electron chi connectivity index (χ4n) is 17.3. The van der Waals surface area contributed by atoms with Crippen LogP contribution in [0.5, 0.6) is 0 Å². The van der Waals surface area contributed by atoms with E-state index in [4.69, 9.17) is 33.6 Å². The van der Waals surface area contributed by atoms with E-state index in [1.165, 1.54) is 146 Å². The van der Waals surface area contributed by atoms with Crippen molar-refractivity contribution in [3.8, 4) is 79.5 Å². The number of aromatic nitrogens is 8. The van der Waals surface area contributed by atoms with Crippen LogP contribution in [0.3, 0.4) is 0 Å². The molecule has 10 aromatic carbocycles. The number of hydrogen-bond acceptors (Lipinski definition) is 14. The summed E-state index contributed by atoms with van der Waals surface area (Å²) in [4.78, 5) is 42.0. The van der Waals surface area contributed by atoms with Crippen LogP contribution in [-0.4, -0.2) is 76.3 Å². The molecule has 4 aliphatic rings. The first-order chi connectivity index (χ1) is 59.8. The van der Waals surface area contributed by atoms with Gasteiger partial charge in [-0.05, 0) is 346 Å². The minimum atomic E-state index is -0.476. The largest absolute Gasteiger partial charge is 0.488 e. The van der Waals surface area contributed by atoms with E-state index < -0.39 is 14.0 Å². The van der Waals surface area contributed by atoms with Gasteiger partial charge < -0.3 is 28.4 Å². The number of hydrogen-bond donors (Lipinski definition) is 0. The molecular weight excluding hydrogens is 1700 g/mol. The Balaban J connectivity index is 0.000000142. The average Bonchev–Trinajstić information content (AvgIpc) is 1.45. The zero-order valence-electron chi connectivity index (χ0n) is 76.7. The molecule has 0 unspecified atom stereocenters. The zero-order chi connectivity index (χ0) is 90.2. The standard InChI is InChI=1S/C47H42FN5.C26H29BrN2.C21H13BrFN3.C12H24B2O4/c1-26-28(3)32(7)43-38(30(26)5)24-39-31(6)27(2)29(4)33(8)44(39)53(43)42-21-22-49-25-40(42)37-20-19-36(23-41(37)48)47-51-45(34-15-11-9-12-16-34)50-46(52-47)35-17-13-10-14-18-35;1-13-15(3)19(7)25-21(17(13)5)11-22-18(6)14(2)16(4)20(8)26(22)29(25)24-9-10-28-12-23(24)27;22-17-12-11-16(13-18(17)23)21-25-19(14-7-3-1-4-8-14)24-20(26-21)15-9-5-2-6-10-15;1-9(2)10(3,4)16-13(15-9)14-17-11(5,6)12(7,8)18-14/h9-23,25H,24H2,1-8H3;9-10,12H,11H2,1-8H3;1-13H;1-8H3. The number of rotatable bonds is 10. The molecule has 4 aromatic heterocycles. The molecular formula is C106H108B2Br2F2N10O4. The van der Waals surface area contributed by atoms with Crippen LogP contribution >= 0.6 is 31.9 Å². The Morgan fingerprint density at radius 2 is 0.556 bits per heavy atom. The van der Waals surface area contributed by atoms with E-state index in [0.717, 1.165) is 50.9 Å². The van der Waals surface area contributed by atoms with Crippen molar-refractivity contribution in [1.29, 1.82) is 0 Å². The maximum atomic E-state index is 16.8. The van der Waals surface area contributed by atoms with Crippen LogP contribution in [0.15, 0.2) is 204 Å². The first-order valence-corrected chi connectivity index (χ1v) is 44.6. The van der Waals surface area contributed by atoms with E-state index in [0.29, 0.717) is 61.7 Å². The molecule has 640 valence electrons. The van der Waals surface area contributed by atoms with E-state index in [2.05, 4.69) is 183 Å². The van der Waals surface area contributed by atoms with E-state index in [9.17, 15) is 4.39 Å². The van der Waals surface area contributed by atoms with Gasteiger partial charge in [0.05, 0.1) is 65.5 Å². The number of halogens is 4. The van der Waals surface area contributed by atoms with Gasteiger partial charge in [-0.2, -0.15) is 0 Å². The highest BCUT2D eigenvalue weighted by molar-refractivity contribution is 9.10. The van der Waals surface area contributed by atoms with E-state index in [1.54, 1.807) is 18.3 Å². The van der Waals surface area contributed by atoms with Gasteiger partial charge in [-0.1, -0.05) is 133 Å². The summed E-state index contributed by atoms with van der Waals surface area (Å²) in [6.07, 6.45) is 9.24. The van der Waals surface area contributed by atoms with Crippen molar-refractivity contribution >= 4 is 80.0 Å². The third-order valence-corrected chi connectivity index (χ3v) is 28.9. The van der Waals surface area contributed by atoms with Crippen LogP contribution in [0.2, 0.25) is 0 Å². The second-order valence-electron chi connectivity index (χ2n) is 35.7. The molecule has 4 aliphatic heterocycles. The first kappa shape index (κ1) is 89.7. The molecule has 2 fully saturated rings. The Bertz CT molecular complexity index is 6280. The molecule has 18 rings (SSSR count). The highest BCUT2D eigenvalue weighted by Crippen LogP contribution is 2.56. The predicted molar refractivity (Wildman–Crippen MR) is 518 cm³/mol. The number of benzene rings is 10. The van der Waals surface area contributed by atoms with Crippen LogP contribution in [0.25, 0.3) is 79.5 Å². The highest BCUT2D eigenvalue weighted by atomic mass is 79.9. The van der Waals surface area contributed by atoms with Crippen molar-refractivity contribution in [2.24, 2.45) is 0 Å². The topological polar surface area (TPSA) is 147 Å². The van der Waals surface area contributed by atoms with Gasteiger partial charge >= 0.3 is 14.0 Å². The van der Waals surface area contributed by atoms with Gasteiger partial charge in [0.15, 0.2) is 34.9 Å². The van der Waals surface area contributed by atoms with Crippen molar-refractivity contribution in [3.63, 3.8) is 0 Å². The lowest BCUT2D eigenvalue weighted by Crippen LogP contribution is -2.41. The lowest BCUT2D eigenvalue weighted by Gasteiger charge is -2.40. The maximum absolute atomic E-state index is 16.8. The first-order valence-electron chi connectivity index (χ1n) is 43.0. The summed E-state index contributed by atoms with van der Waals surface area (Å²) in [6, 6.07) is 53.3. The highest BCUT2D eigenvalue weighted by Gasteiger charge is 2.64. The van der Waals surface area contributed by atoms with Gasteiger partial charge in [-0.15, -0.1) is 0 Å². The van der Waals surface area contributed by atoms with E-state index in [1.807, 2.05) is 214 Å². The maximum Gasteiger partial charge on any atom is 0.488 e. The third kappa shape index (κ3) is 16.7. The van der Waals surface area contributed by atoms with Crippen molar-refractivity contribution in [2.45, 2.75) is 201 Å². The minimum Gasteiger partial charge on any atom is -0.405 e. The summed E-state index contributed by atoms with van der Waals surface area (Å²) in [7, 11) is -0.952. The molecule has 8 heterocycles. The van der Waals surface area contributed by atoms with Crippen molar-refractivity contribution in [2.75, 3.05) is 9.80 Å². The monoisotopic (exact) mass is 1800 g/mol. The summed E-state index contributed by atoms with van der Waals surface area (Å²) in [5, 5.41) is 0. The summed E-state index contributed by atoms with van der Waals surface area (Å²) >= 11 is 6.96. The molecule has 0 amide bonds. The molecule has 14 aromatic rings. The molecule has 20 heteroatoms. The summed E-state index contributed by atoms with van der Waals surface area (Å²) in [6.45, 7) is 52.2. The number of fused-ring (bicyclic) bond motifs is 4. The number of pyridine rings is 2.